The Bertz CT molecular complexity index is 1630. The average Bonchev–Trinajstić information content (AvgIpc) is 3.29. The monoisotopic (exact) mass is 628 g/mol. The minimum absolute atomic E-state index is 0.306. The van der Waals surface area contributed by atoms with Crippen molar-refractivity contribution in [2.75, 3.05) is 18.0 Å². The van der Waals surface area contributed by atoms with E-state index in [1.165, 1.54) is 24.3 Å². The molecule has 9 heteroatoms. The minimum Gasteiger partial charge on any atom is -0.344 e. The maximum absolute atomic E-state index is 13.6. The van der Waals surface area contributed by atoms with E-state index >= 15 is 0 Å². The summed E-state index contributed by atoms with van der Waals surface area (Å²) >= 11 is 0. The number of hydrogen-bond donors (Lipinski definition) is 0. The van der Waals surface area contributed by atoms with Crippen molar-refractivity contribution in [3.8, 4) is 6.07 Å². The Morgan fingerprint density at radius 1 is 0.933 bits per heavy atom. The molecule has 0 aliphatic carbocycles. The molecule has 2 aromatic rings. The van der Waals surface area contributed by atoms with Gasteiger partial charge in [-0.2, -0.15) is 36.2 Å². The summed E-state index contributed by atoms with van der Waals surface area (Å²) < 4.78 is 83.5. The lowest BCUT2D eigenvalue weighted by atomic mass is 9.80. The van der Waals surface area contributed by atoms with Gasteiger partial charge in [0.1, 0.15) is 6.54 Å². The molecule has 2 aromatic carbocycles. The Kier molecular flexibility index (Phi) is 9.23. The Balaban J connectivity index is 1.76. The fraction of sp³-hybridized carbons (Fsp3) is 0.444. The number of anilines is 1. The third-order valence-corrected chi connectivity index (χ3v) is 8.79. The fourth-order valence-electron chi connectivity index (χ4n) is 6.26. The van der Waals surface area contributed by atoms with Crippen molar-refractivity contribution in [2.24, 2.45) is 5.92 Å². The van der Waals surface area contributed by atoms with Gasteiger partial charge in [-0.1, -0.05) is 34.6 Å². The second-order valence-electron chi connectivity index (χ2n) is 13.2. The molecule has 3 nitrogen and oxygen atoms in total. The molecule has 0 bridgehead atoms. The smallest absolute Gasteiger partial charge is 0.344 e. The van der Waals surface area contributed by atoms with Gasteiger partial charge in [0, 0.05) is 47.5 Å². The second kappa shape index (κ2) is 12.2. The number of fused-ring (bicyclic) bond motifs is 2. The largest absolute Gasteiger partial charge is 0.416 e. The molecule has 0 saturated carbocycles. The van der Waals surface area contributed by atoms with Gasteiger partial charge >= 0.3 is 12.4 Å². The van der Waals surface area contributed by atoms with Crippen molar-refractivity contribution in [1.29, 1.82) is 5.26 Å². The molecule has 0 spiro atoms. The van der Waals surface area contributed by atoms with E-state index in [0.717, 1.165) is 42.1 Å². The quantitative estimate of drug-likeness (QED) is 0.126. The van der Waals surface area contributed by atoms with Crippen molar-refractivity contribution in [3.63, 3.8) is 0 Å². The van der Waals surface area contributed by atoms with Crippen LogP contribution in [-0.2, 0) is 23.2 Å². The van der Waals surface area contributed by atoms with E-state index < -0.39 is 34.3 Å². The zero-order valence-corrected chi connectivity index (χ0v) is 26.8. The highest BCUT2D eigenvalue weighted by Gasteiger charge is 2.46. The van der Waals surface area contributed by atoms with Gasteiger partial charge in [0.2, 0.25) is 5.69 Å². The van der Waals surface area contributed by atoms with Gasteiger partial charge in [0.15, 0.2) is 5.71 Å². The van der Waals surface area contributed by atoms with Crippen LogP contribution in [0.5, 0.6) is 0 Å². The van der Waals surface area contributed by atoms with Crippen LogP contribution < -0.4 is 4.90 Å². The van der Waals surface area contributed by atoms with Crippen molar-refractivity contribution in [1.82, 2.24) is 0 Å². The van der Waals surface area contributed by atoms with E-state index in [2.05, 4.69) is 19.9 Å². The van der Waals surface area contributed by atoms with Crippen LogP contribution in [0.4, 0.5) is 37.7 Å². The molecule has 0 amide bonds. The zero-order valence-electron chi connectivity index (χ0n) is 26.8. The van der Waals surface area contributed by atoms with Crippen LogP contribution in [0.1, 0.15) is 83.6 Å². The van der Waals surface area contributed by atoms with Crippen molar-refractivity contribution in [3.05, 3.63) is 94.2 Å². The summed E-state index contributed by atoms with van der Waals surface area (Å²) in [6.07, 6.45) is -0.444. The van der Waals surface area contributed by atoms with Crippen LogP contribution in [0, 0.1) is 17.2 Å². The third kappa shape index (κ3) is 6.61. The molecule has 0 unspecified atom stereocenters. The van der Waals surface area contributed by atoms with Gasteiger partial charge in [-0.05, 0) is 80.3 Å². The first-order valence-electron chi connectivity index (χ1n) is 15.2. The SMILES string of the molecule is CCC[N+]1=C(/C=C/C(C#N)=C/C=C2/N(CCC(C)C)c3ccc(C(F)(F)F)cc3C2(C)C)C(C)(C)c2cc(C(F)(F)F)ccc21. The van der Waals surface area contributed by atoms with E-state index in [-0.39, 0.29) is 0 Å². The lowest BCUT2D eigenvalue weighted by Crippen LogP contribution is -2.28. The first-order valence-corrected chi connectivity index (χ1v) is 15.2. The van der Waals surface area contributed by atoms with Gasteiger partial charge in [-0.25, -0.2) is 0 Å². The Hall–Kier alpha value is -3.80. The second-order valence-corrected chi connectivity index (χ2v) is 13.2. The molecule has 0 saturated heterocycles. The third-order valence-electron chi connectivity index (χ3n) is 8.79. The number of allylic oxidation sites excluding steroid dienone is 6. The molecule has 0 fully saturated rings. The zero-order chi connectivity index (χ0) is 33.5. The molecule has 0 N–H and O–H groups in total. The van der Waals surface area contributed by atoms with Gasteiger partial charge in [-0.15, -0.1) is 0 Å². The molecule has 2 aliphatic heterocycles. The normalized spacial score (nSPS) is 18.7. The molecule has 0 radical (unpaired) electrons. The van der Waals surface area contributed by atoms with Gasteiger partial charge in [0.05, 0.1) is 28.2 Å². The topological polar surface area (TPSA) is 30.0 Å². The minimum atomic E-state index is -4.47. The standard InChI is InChI=1S/C36H40F6N3/c1-8-18-44-29-13-11-25(35(37,38)39)20-27(29)33(4,5)31(44)15-9-24(22-43)10-16-32-34(6,7)28-21-26(36(40,41)42)12-14-30(28)45(32)19-17-23(2)3/h9-16,20-21,23H,8,17-19H2,1-7H3/q+1. The van der Waals surface area contributed by atoms with Crippen LogP contribution in [0.15, 0.2) is 72.0 Å². The van der Waals surface area contributed by atoms with Gasteiger partial charge < -0.3 is 4.90 Å². The molecular weight excluding hydrogens is 588 g/mol. The lowest BCUT2D eigenvalue weighted by molar-refractivity contribution is -0.437. The molecule has 0 aromatic heterocycles. The molecule has 2 heterocycles. The maximum Gasteiger partial charge on any atom is 0.416 e. The number of halogens is 6. The van der Waals surface area contributed by atoms with E-state index in [9.17, 15) is 31.6 Å². The number of nitriles is 1. The fourth-order valence-corrected chi connectivity index (χ4v) is 6.26. The van der Waals surface area contributed by atoms with Crippen LogP contribution >= 0.6 is 0 Å². The highest BCUT2D eigenvalue weighted by atomic mass is 19.4. The van der Waals surface area contributed by atoms with Crippen molar-refractivity contribution in [2.45, 2.75) is 84.5 Å². The summed E-state index contributed by atoms with van der Waals surface area (Å²) in [4.78, 5) is 2.04. The summed E-state index contributed by atoms with van der Waals surface area (Å²) in [6.45, 7) is 14.9. The van der Waals surface area contributed by atoms with Crippen LogP contribution in [0.2, 0.25) is 0 Å². The Morgan fingerprint density at radius 3 is 2.09 bits per heavy atom. The molecule has 0 atom stereocenters. The van der Waals surface area contributed by atoms with Gasteiger partial charge in [-0.3, -0.25) is 0 Å². The first kappa shape index (κ1) is 34.1. The molecular formula is C36H40F6N3+. The van der Waals surface area contributed by atoms with E-state index in [1.54, 1.807) is 24.3 Å². The van der Waals surface area contributed by atoms with Crippen LogP contribution in [-0.4, -0.2) is 23.4 Å². The first-order chi connectivity index (χ1) is 20.8. The number of rotatable bonds is 8. The predicted molar refractivity (Wildman–Crippen MR) is 167 cm³/mol. The molecule has 4 rings (SSSR count). The summed E-state index contributed by atoms with van der Waals surface area (Å²) in [5.41, 5.74) is 1.53. The highest BCUT2D eigenvalue weighted by molar-refractivity contribution is 6.03. The van der Waals surface area contributed by atoms with E-state index in [4.69, 9.17) is 0 Å². The Labute approximate surface area is 261 Å². The average molecular weight is 629 g/mol. The predicted octanol–water partition coefficient (Wildman–Crippen LogP) is 10.2. The lowest BCUT2D eigenvalue weighted by Gasteiger charge is -2.27. The summed E-state index contributed by atoms with van der Waals surface area (Å²) in [5, 5.41) is 10.1. The molecule has 45 heavy (non-hydrogen) atoms. The van der Waals surface area contributed by atoms with Crippen molar-refractivity contribution >= 4 is 17.1 Å². The Morgan fingerprint density at radius 2 is 1.53 bits per heavy atom. The number of nitrogens with zero attached hydrogens (tertiary/aromatic N) is 3. The summed E-state index contributed by atoms with van der Waals surface area (Å²) in [5.74, 6) is 0.371. The molecule has 240 valence electrons. The van der Waals surface area contributed by atoms with E-state index in [1.807, 2.05) is 44.1 Å². The number of alkyl halides is 6. The van der Waals surface area contributed by atoms with Crippen LogP contribution in [0.3, 0.4) is 0 Å². The summed E-state index contributed by atoms with van der Waals surface area (Å²) in [7, 11) is 0. The maximum atomic E-state index is 13.6. The number of hydrogen-bond acceptors (Lipinski definition) is 2. The van der Waals surface area contributed by atoms with Gasteiger partial charge in [0.25, 0.3) is 0 Å². The van der Waals surface area contributed by atoms with E-state index in [0.29, 0.717) is 41.4 Å². The van der Waals surface area contributed by atoms with Crippen molar-refractivity contribution < 1.29 is 30.9 Å². The van der Waals surface area contributed by atoms with Crippen LogP contribution in [0.25, 0.3) is 0 Å². The highest BCUT2D eigenvalue weighted by Crippen LogP contribution is 2.50. The number of benzene rings is 2. The summed E-state index contributed by atoms with van der Waals surface area (Å²) in [6, 6.07) is 9.87. The molecule has 2 aliphatic rings.